The maximum Gasteiger partial charge on any atom is 0.123 e. The topological polar surface area (TPSA) is 0 Å². The van der Waals surface area contributed by atoms with Crippen LogP contribution >= 0.6 is 22.9 Å². The van der Waals surface area contributed by atoms with Crippen LogP contribution in [0.25, 0.3) is 0 Å². The lowest BCUT2D eigenvalue weighted by Gasteiger charge is -1.97. The van der Waals surface area contributed by atoms with Crippen molar-refractivity contribution in [1.29, 1.82) is 0 Å². The zero-order valence-electron chi connectivity index (χ0n) is 7.34. The molecule has 0 radical (unpaired) electrons. The number of hydrogen-bond donors (Lipinski definition) is 0. The van der Waals surface area contributed by atoms with Crippen molar-refractivity contribution in [3.8, 4) is 0 Å². The molecule has 0 saturated heterocycles. The van der Waals surface area contributed by atoms with Gasteiger partial charge in [-0.1, -0.05) is 23.7 Å². The molecule has 0 aliphatic rings. The van der Waals surface area contributed by atoms with Crippen LogP contribution < -0.4 is 0 Å². The molecule has 3 heteroatoms. The first kappa shape index (κ1) is 9.69. The van der Waals surface area contributed by atoms with E-state index in [1.165, 1.54) is 17.4 Å². The fourth-order valence-electron chi connectivity index (χ4n) is 1.29. The smallest absolute Gasteiger partial charge is 0.123 e. The van der Waals surface area contributed by atoms with Crippen molar-refractivity contribution in [2.75, 3.05) is 0 Å². The molecular weight excluding hydrogens is 219 g/mol. The molecule has 72 valence electrons. The third kappa shape index (κ3) is 2.34. The normalized spacial score (nSPS) is 10.4. The number of hydrogen-bond acceptors (Lipinski definition) is 1. The molecule has 1 aromatic heterocycles. The maximum atomic E-state index is 12.9. The van der Waals surface area contributed by atoms with Crippen molar-refractivity contribution in [2.24, 2.45) is 0 Å². The summed E-state index contributed by atoms with van der Waals surface area (Å²) in [5.74, 6) is -0.190. The average Bonchev–Trinajstić information content (AvgIpc) is 2.51. The molecule has 2 aromatic rings. The second kappa shape index (κ2) is 4.11. The minimum Gasteiger partial charge on any atom is -0.207 e. The fraction of sp³-hybridized carbons (Fsp3) is 0.0909. The Morgan fingerprint density at radius 3 is 2.71 bits per heavy atom. The standard InChI is InChI=1S/C11H8ClFS/c12-11-5-4-10(14-11)7-8-2-1-3-9(13)6-8/h1-6H,7H2. The van der Waals surface area contributed by atoms with E-state index in [9.17, 15) is 4.39 Å². The summed E-state index contributed by atoms with van der Waals surface area (Å²) in [5.41, 5.74) is 0.975. The maximum absolute atomic E-state index is 12.9. The molecule has 14 heavy (non-hydrogen) atoms. The Hall–Kier alpha value is -0.860. The number of halogens is 2. The van der Waals surface area contributed by atoms with Crippen molar-refractivity contribution in [3.05, 3.63) is 57.0 Å². The second-order valence-electron chi connectivity index (χ2n) is 3.01. The van der Waals surface area contributed by atoms with Gasteiger partial charge in [-0.05, 0) is 29.8 Å². The molecule has 0 nitrogen and oxygen atoms in total. The zero-order valence-corrected chi connectivity index (χ0v) is 8.91. The van der Waals surface area contributed by atoms with Crippen molar-refractivity contribution in [1.82, 2.24) is 0 Å². The van der Waals surface area contributed by atoms with Gasteiger partial charge in [0.25, 0.3) is 0 Å². The quantitative estimate of drug-likeness (QED) is 0.722. The Bertz CT molecular complexity index is 436. The summed E-state index contributed by atoms with van der Waals surface area (Å²) >= 11 is 7.33. The minimum atomic E-state index is -0.190. The Labute approximate surface area is 91.0 Å². The molecule has 0 bridgehead atoms. The van der Waals surface area contributed by atoms with E-state index in [1.807, 2.05) is 18.2 Å². The van der Waals surface area contributed by atoms with E-state index >= 15 is 0 Å². The number of benzene rings is 1. The van der Waals surface area contributed by atoms with Crippen LogP contribution in [0.15, 0.2) is 36.4 Å². The van der Waals surface area contributed by atoms with Gasteiger partial charge in [0.15, 0.2) is 0 Å². The molecule has 0 spiro atoms. The van der Waals surface area contributed by atoms with Crippen molar-refractivity contribution in [3.63, 3.8) is 0 Å². The van der Waals surface area contributed by atoms with Gasteiger partial charge in [0, 0.05) is 11.3 Å². The third-order valence-corrected chi connectivity index (χ3v) is 3.13. The van der Waals surface area contributed by atoms with E-state index in [0.29, 0.717) is 0 Å². The Morgan fingerprint density at radius 2 is 2.07 bits per heavy atom. The first-order chi connectivity index (χ1) is 6.74. The SMILES string of the molecule is Fc1cccc(Cc2ccc(Cl)s2)c1. The van der Waals surface area contributed by atoms with E-state index in [2.05, 4.69) is 0 Å². The highest BCUT2D eigenvalue weighted by atomic mass is 35.5. The van der Waals surface area contributed by atoms with Crippen molar-refractivity contribution < 1.29 is 4.39 Å². The summed E-state index contributed by atoms with van der Waals surface area (Å²) in [6, 6.07) is 10.5. The van der Waals surface area contributed by atoms with E-state index in [0.717, 1.165) is 21.2 Å². The van der Waals surface area contributed by atoms with Gasteiger partial charge in [0.2, 0.25) is 0 Å². The highest BCUT2D eigenvalue weighted by Crippen LogP contribution is 2.23. The lowest BCUT2D eigenvalue weighted by molar-refractivity contribution is 0.626. The van der Waals surface area contributed by atoms with Crippen LogP contribution in [0.1, 0.15) is 10.4 Å². The third-order valence-electron chi connectivity index (χ3n) is 1.90. The monoisotopic (exact) mass is 226 g/mol. The van der Waals surface area contributed by atoms with Gasteiger partial charge in [0.05, 0.1) is 4.34 Å². The predicted octanol–water partition coefficient (Wildman–Crippen LogP) is 4.13. The highest BCUT2D eigenvalue weighted by Gasteiger charge is 2.00. The Kier molecular flexibility index (Phi) is 2.85. The predicted molar refractivity (Wildman–Crippen MR) is 58.5 cm³/mol. The lowest BCUT2D eigenvalue weighted by Crippen LogP contribution is -1.85. The summed E-state index contributed by atoms with van der Waals surface area (Å²) in [6.45, 7) is 0. The van der Waals surface area contributed by atoms with E-state index < -0.39 is 0 Å². The largest absolute Gasteiger partial charge is 0.207 e. The number of rotatable bonds is 2. The molecule has 2 rings (SSSR count). The van der Waals surface area contributed by atoms with Crippen molar-refractivity contribution >= 4 is 22.9 Å². The molecule has 0 amide bonds. The summed E-state index contributed by atoms with van der Waals surface area (Å²) in [7, 11) is 0. The molecule has 0 N–H and O–H groups in total. The molecule has 0 saturated carbocycles. The summed E-state index contributed by atoms with van der Waals surface area (Å²) in [5, 5.41) is 0. The molecule has 1 heterocycles. The van der Waals surface area contributed by atoms with Gasteiger partial charge < -0.3 is 0 Å². The highest BCUT2D eigenvalue weighted by molar-refractivity contribution is 7.16. The minimum absolute atomic E-state index is 0.190. The first-order valence-electron chi connectivity index (χ1n) is 4.23. The van der Waals surface area contributed by atoms with Gasteiger partial charge in [-0.3, -0.25) is 0 Å². The lowest BCUT2D eigenvalue weighted by atomic mass is 10.1. The molecular formula is C11H8ClFS. The second-order valence-corrected chi connectivity index (χ2v) is 4.81. The van der Waals surface area contributed by atoms with Crippen molar-refractivity contribution in [2.45, 2.75) is 6.42 Å². The zero-order chi connectivity index (χ0) is 9.97. The van der Waals surface area contributed by atoms with Gasteiger partial charge in [-0.2, -0.15) is 0 Å². The summed E-state index contributed by atoms with van der Waals surface area (Å²) in [4.78, 5) is 1.15. The van der Waals surface area contributed by atoms with Crippen LogP contribution in [0.4, 0.5) is 4.39 Å². The van der Waals surface area contributed by atoms with Crippen LogP contribution in [-0.2, 0) is 6.42 Å². The van der Waals surface area contributed by atoms with Crippen LogP contribution in [0.2, 0.25) is 4.34 Å². The molecule has 0 unspecified atom stereocenters. The van der Waals surface area contributed by atoms with Crippen LogP contribution in [0.5, 0.6) is 0 Å². The van der Waals surface area contributed by atoms with E-state index in [1.54, 1.807) is 12.1 Å². The molecule has 0 fully saturated rings. The fourth-order valence-corrected chi connectivity index (χ4v) is 2.42. The van der Waals surface area contributed by atoms with Gasteiger partial charge >= 0.3 is 0 Å². The van der Waals surface area contributed by atoms with Gasteiger partial charge in [-0.15, -0.1) is 11.3 Å². The van der Waals surface area contributed by atoms with Gasteiger partial charge in [-0.25, -0.2) is 4.39 Å². The van der Waals surface area contributed by atoms with Gasteiger partial charge in [0.1, 0.15) is 5.82 Å². The van der Waals surface area contributed by atoms with Crippen LogP contribution in [-0.4, -0.2) is 0 Å². The average molecular weight is 227 g/mol. The molecule has 0 aliphatic heterocycles. The Balaban J connectivity index is 2.18. The molecule has 1 aromatic carbocycles. The summed E-state index contributed by atoms with van der Waals surface area (Å²) in [6.07, 6.45) is 0.745. The Morgan fingerprint density at radius 1 is 1.21 bits per heavy atom. The van der Waals surface area contributed by atoms with E-state index in [-0.39, 0.29) is 5.82 Å². The number of thiophene rings is 1. The van der Waals surface area contributed by atoms with E-state index in [4.69, 9.17) is 11.6 Å². The summed E-state index contributed by atoms with van der Waals surface area (Å²) < 4.78 is 13.6. The molecule has 0 atom stereocenters. The molecule has 0 aliphatic carbocycles. The first-order valence-corrected chi connectivity index (χ1v) is 5.42. The van der Waals surface area contributed by atoms with Crippen LogP contribution in [0.3, 0.4) is 0 Å². The van der Waals surface area contributed by atoms with Crippen LogP contribution in [0, 0.1) is 5.82 Å².